The van der Waals surface area contributed by atoms with Gasteiger partial charge in [-0.1, -0.05) is 6.07 Å². The average Bonchev–Trinajstić information content (AvgIpc) is 2.69. The van der Waals surface area contributed by atoms with E-state index in [9.17, 15) is 9.18 Å². The van der Waals surface area contributed by atoms with Gasteiger partial charge in [0.2, 0.25) is 0 Å². The lowest BCUT2D eigenvalue weighted by molar-refractivity contribution is -0.0431. The number of benzene rings is 1. The molecule has 7 nitrogen and oxygen atoms in total. The zero-order chi connectivity index (χ0) is 21.1. The molecular weight excluding hydrogens is 385 g/mol. The number of amides is 2. The summed E-state index contributed by atoms with van der Waals surface area (Å²) in [7, 11) is 0. The van der Waals surface area contributed by atoms with Crippen LogP contribution < -0.4 is 11.1 Å². The van der Waals surface area contributed by atoms with Gasteiger partial charge in [0, 0.05) is 11.8 Å². The molecular formula is C22H22FN5O2. The summed E-state index contributed by atoms with van der Waals surface area (Å²) in [4.78, 5) is 22.8. The molecule has 1 fully saturated rings. The third kappa shape index (κ3) is 4.38. The first-order valence-electron chi connectivity index (χ1n) is 9.60. The monoisotopic (exact) mass is 407 g/mol. The molecule has 1 aliphatic heterocycles. The fraction of sp³-hybridized carbons (Fsp3) is 0.227. The lowest BCUT2D eigenvalue weighted by Crippen LogP contribution is -2.56. The second kappa shape index (κ2) is 8.46. The maximum Gasteiger partial charge on any atom is 0.323 e. The molecule has 30 heavy (non-hydrogen) atoms. The van der Waals surface area contributed by atoms with Crippen molar-refractivity contribution < 1.29 is 13.9 Å². The second-order valence-electron chi connectivity index (χ2n) is 7.18. The van der Waals surface area contributed by atoms with E-state index in [1.807, 2.05) is 18.2 Å². The van der Waals surface area contributed by atoms with Gasteiger partial charge < -0.3 is 15.4 Å². The van der Waals surface area contributed by atoms with Gasteiger partial charge in [0.15, 0.2) is 5.82 Å². The van der Waals surface area contributed by atoms with Crippen LogP contribution in [0.2, 0.25) is 0 Å². The first-order valence-corrected chi connectivity index (χ1v) is 9.60. The van der Waals surface area contributed by atoms with Crippen molar-refractivity contribution in [1.29, 1.82) is 0 Å². The van der Waals surface area contributed by atoms with Crippen LogP contribution in [0.5, 0.6) is 0 Å². The number of carbonyl (C=O) groups is 1. The van der Waals surface area contributed by atoms with Crippen LogP contribution in [0.1, 0.15) is 11.3 Å². The Morgan fingerprint density at radius 3 is 2.83 bits per heavy atom. The molecule has 0 aliphatic carbocycles. The Kier molecular flexibility index (Phi) is 5.58. The number of hydrogen-bond acceptors (Lipinski definition) is 5. The first kappa shape index (κ1) is 19.8. The Morgan fingerprint density at radius 1 is 1.27 bits per heavy atom. The van der Waals surface area contributed by atoms with Crippen molar-refractivity contribution in [2.24, 2.45) is 0 Å². The standard InChI is InChI=1S/C22H22FN5O2/c1-14-10-15(23)5-6-18(14)20-8-7-19(24)21(26-20)27-22(29)28-11-17(12-28)30-13-16-4-2-3-9-25-16/h2-10,17H,11-13,24H2,1H3,(H,26,27,29). The molecule has 3 aromatic rings. The normalized spacial score (nSPS) is 13.7. The summed E-state index contributed by atoms with van der Waals surface area (Å²) in [6.07, 6.45) is 1.69. The van der Waals surface area contributed by atoms with Crippen molar-refractivity contribution in [2.75, 3.05) is 24.1 Å². The molecule has 0 bridgehead atoms. The van der Waals surface area contributed by atoms with Gasteiger partial charge in [-0.05, 0) is 55.0 Å². The molecule has 3 N–H and O–H groups in total. The summed E-state index contributed by atoms with van der Waals surface area (Å²) in [5, 5.41) is 2.76. The SMILES string of the molecule is Cc1cc(F)ccc1-c1ccc(N)c(NC(=O)N2CC(OCc3ccccn3)C2)n1. The van der Waals surface area contributed by atoms with E-state index in [4.69, 9.17) is 10.5 Å². The van der Waals surface area contributed by atoms with E-state index in [0.717, 1.165) is 16.8 Å². The number of nitrogens with one attached hydrogen (secondary N) is 1. The Morgan fingerprint density at radius 2 is 2.10 bits per heavy atom. The van der Waals surface area contributed by atoms with Crippen molar-refractivity contribution in [1.82, 2.24) is 14.9 Å². The number of urea groups is 1. The Balaban J connectivity index is 1.36. The Hall–Kier alpha value is -3.52. The Labute approximate surface area is 173 Å². The first-order chi connectivity index (χ1) is 14.5. The number of ether oxygens (including phenoxy) is 1. The maximum atomic E-state index is 13.4. The highest BCUT2D eigenvalue weighted by atomic mass is 19.1. The summed E-state index contributed by atoms with van der Waals surface area (Å²) in [5.41, 5.74) is 9.33. The minimum absolute atomic E-state index is 0.0312. The van der Waals surface area contributed by atoms with Gasteiger partial charge in [0.25, 0.3) is 0 Å². The molecule has 0 saturated carbocycles. The van der Waals surface area contributed by atoms with Gasteiger partial charge in [-0.2, -0.15) is 0 Å². The number of aromatic nitrogens is 2. The van der Waals surface area contributed by atoms with Gasteiger partial charge in [-0.25, -0.2) is 14.2 Å². The van der Waals surface area contributed by atoms with Crippen LogP contribution in [-0.2, 0) is 11.3 Å². The number of carbonyl (C=O) groups excluding carboxylic acids is 1. The highest BCUT2D eigenvalue weighted by Crippen LogP contribution is 2.27. The number of nitrogens with zero attached hydrogens (tertiary/aromatic N) is 3. The van der Waals surface area contributed by atoms with E-state index in [0.29, 0.717) is 31.1 Å². The largest absolute Gasteiger partial charge is 0.396 e. The van der Waals surface area contributed by atoms with E-state index in [2.05, 4.69) is 15.3 Å². The number of halogens is 1. The number of nitrogen functional groups attached to an aromatic ring is 1. The van der Waals surface area contributed by atoms with Crippen molar-refractivity contribution in [3.05, 3.63) is 71.8 Å². The van der Waals surface area contributed by atoms with Gasteiger partial charge in [0.1, 0.15) is 5.82 Å². The summed E-state index contributed by atoms with van der Waals surface area (Å²) in [6, 6.07) is 13.3. The summed E-state index contributed by atoms with van der Waals surface area (Å²) in [6.45, 7) is 3.18. The molecule has 3 heterocycles. The van der Waals surface area contributed by atoms with Gasteiger partial charge in [0.05, 0.1) is 42.9 Å². The fourth-order valence-electron chi connectivity index (χ4n) is 3.21. The van der Waals surface area contributed by atoms with Crippen molar-refractivity contribution in [3.63, 3.8) is 0 Å². The third-order valence-corrected chi connectivity index (χ3v) is 4.94. The molecule has 1 saturated heterocycles. The number of anilines is 2. The van der Waals surface area contributed by atoms with Crippen molar-refractivity contribution in [3.8, 4) is 11.3 Å². The molecule has 2 amide bonds. The molecule has 0 radical (unpaired) electrons. The average molecular weight is 407 g/mol. The predicted molar refractivity (Wildman–Crippen MR) is 112 cm³/mol. The number of likely N-dealkylation sites (tertiary alicyclic amines) is 1. The predicted octanol–water partition coefficient (Wildman–Crippen LogP) is 3.61. The van der Waals surface area contributed by atoms with Crippen LogP contribution >= 0.6 is 0 Å². The van der Waals surface area contributed by atoms with Gasteiger partial charge in [-0.3, -0.25) is 10.3 Å². The number of aryl methyl sites for hydroxylation is 1. The molecule has 0 atom stereocenters. The molecule has 1 aliphatic rings. The molecule has 2 aromatic heterocycles. The van der Waals surface area contributed by atoms with Crippen LogP contribution in [0.4, 0.5) is 20.7 Å². The number of hydrogen-bond donors (Lipinski definition) is 2. The molecule has 0 spiro atoms. The molecule has 154 valence electrons. The second-order valence-corrected chi connectivity index (χ2v) is 7.18. The van der Waals surface area contributed by atoms with E-state index < -0.39 is 0 Å². The van der Waals surface area contributed by atoms with E-state index in [1.165, 1.54) is 12.1 Å². The van der Waals surface area contributed by atoms with Crippen molar-refractivity contribution >= 4 is 17.5 Å². The number of pyridine rings is 2. The Bertz CT molecular complexity index is 1050. The van der Waals surface area contributed by atoms with Crippen LogP contribution in [0, 0.1) is 12.7 Å². The lowest BCUT2D eigenvalue weighted by Gasteiger charge is -2.38. The van der Waals surface area contributed by atoms with Crippen LogP contribution in [-0.4, -0.2) is 40.1 Å². The minimum atomic E-state index is -0.308. The lowest BCUT2D eigenvalue weighted by atomic mass is 10.0. The summed E-state index contributed by atoms with van der Waals surface area (Å²) < 4.78 is 19.1. The van der Waals surface area contributed by atoms with Gasteiger partial charge >= 0.3 is 6.03 Å². The van der Waals surface area contributed by atoms with E-state index >= 15 is 0 Å². The topological polar surface area (TPSA) is 93.4 Å². The molecule has 8 heteroatoms. The molecule has 1 aromatic carbocycles. The highest BCUT2D eigenvalue weighted by Gasteiger charge is 2.32. The fourth-order valence-corrected chi connectivity index (χ4v) is 3.21. The van der Waals surface area contributed by atoms with Crippen molar-refractivity contribution in [2.45, 2.75) is 19.6 Å². The third-order valence-electron chi connectivity index (χ3n) is 4.94. The van der Waals surface area contributed by atoms with E-state index in [1.54, 1.807) is 36.2 Å². The van der Waals surface area contributed by atoms with Crippen LogP contribution in [0.15, 0.2) is 54.7 Å². The van der Waals surface area contributed by atoms with Crippen LogP contribution in [0.3, 0.4) is 0 Å². The molecule has 0 unspecified atom stereocenters. The highest BCUT2D eigenvalue weighted by molar-refractivity contribution is 5.92. The smallest absolute Gasteiger partial charge is 0.323 e. The maximum absolute atomic E-state index is 13.4. The van der Waals surface area contributed by atoms with Gasteiger partial charge in [-0.15, -0.1) is 0 Å². The number of nitrogens with two attached hydrogens (primary N) is 1. The zero-order valence-corrected chi connectivity index (χ0v) is 16.5. The number of rotatable bonds is 5. The quantitative estimate of drug-likeness (QED) is 0.674. The van der Waals surface area contributed by atoms with E-state index in [-0.39, 0.29) is 23.8 Å². The minimum Gasteiger partial charge on any atom is -0.396 e. The summed E-state index contributed by atoms with van der Waals surface area (Å²) >= 11 is 0. The molecule has 4 rings (SSSR count). The zero-order valence-electron chi connectivity index (χ0n) is 16.5. The summed E-state index contributed by atoms with van der Waals surface area (Å²) in [5.74, 6) is -0.0306. The van der Waals surface area contributed by atoms with Crippen LogP contribution in [0.25, 0.3) is 11.3 Å².